The molecule has 0 aliphatic carbocycles. The highest BCUT2D eigenvalue weighted by atomic mass is 32.2. The van der Waals surface area contributed by atoms with Crippen molar-refractivity contribution in [3.05, 3.63) is 47.5 Å². The van der Waals surface area contributed by atoms with E-state index in [1.54, 1.807) is 19.1 Å². The minimum atomic E-state index is -3.62. The van der Waals surface area contributed by atoms with Crippen LogP contribution in [0.4, 0.5) is 11.4 Å². The molecule has 2 aromatic carbocycles. The van der Waals surface area contributed by atoms with Crippen molar-refractivity contribution < 1.29 is 18.0 Å². The molecule has 0 saturated heterocycles. The molecule has 1 heterocycles. The molecule has 8 heteroatoms. The Labute approximate surface area is 175 Å². The summed E-state index contributed by atoms with van der Waals surface area (Å²) >= 11 is 1.33. The van der Waals surface area contributed by atoms with Gasteiger partial charge in [0.25, 0.3) is 0 Å². The minimum Gasteiger partial charge on any atom is -0.326 e. The summed E-state index contributed by atoms with van der Waals surface area (Å²) in [5, 5.41) is 5.34. The number of hydrogen-bond donors (Lipinski definition) is 2. The summed E-state index contributed by atoms with van der Waals surface area (Å²) in [6.07, 6.45) is 0.647. The second kappa shape index (κ2) is 8.59. The van der Waals surface area contributed by atoms with E-state index < -0.39 is 9.84 Å². The predicted octanol–water partition coefficient (Wildman–Crippen LogP) is 3.79. The summed E-state index contributed by atoms with van der Waals surface area (Å²) in [6.45, 7) is 5.69. The Morgan fingerprint density at radius 1 is 1.24 bits per heavy atom. The van der Waals surface area contributed by atoms with Crippen molar-refractivity contribution in [3.8, 4) is 0 Å². The Balaban J connectivity index is 1.70. The summed E-state index contributed by atoms with van der Waals surface area (Å²) in [7, 11) is -3.62. The molecule has 0 radical (unpaired) electrons. The number of fused-ring (bicyclic) bond motifs is 1. The summed E-state index contributed by atoms with van der Waals surface area (Å²) in [6, 6.07) is 10.4. The van der Waals surface area contributed by atoms with E-state index in [-0.39, 0.29) is 34.1 Å². The van der Waals surface area contributed by atoms with E-state index in [2.05, 4.69) is 10.6 Å². The van der Waals surface area contributed by atoms with Crippen molar-refractivity contribution in [2.24, 2.45) is 0 Å². The van der Waals surface area contributed by atoms with Crippen LogP contribution in [0.2, 0.25) is 0 Å². The average Bonchev–Trinajstić information content (AvgIpc) is 2.68. The van der Waals surface area contributed by atoms with Crippen LogP contribution in [-0.2, 0) is 25.8 Å². The van der Waals surface area contributed by atoms with Gasteiger partial charge in [0.05, 0.1) is 21.6 Å². The van der Waals surface area contributed by atoms with Gasteiger partial charge in [-0.05, 0) is 49.6 Å². The van der Waals surface area contributed by atoms with Gasteiger partial charge in [-0.1, -0.05) is 25.1 Å². The molecule has 1 aliphatic heterocycles. The molecule has 1 aliphatic rings. The van der Waals surface area contributed by atoms with Gasteiger partial charge in [-0.15, -0.1) is 11.8 Å². The molecule has 6 nitrogen and oxygen atoms in total. The molecule has 3 rings (SSSR count). The van der Waals surface area contributed by atoms with Gasteiger partial charge in [-0.25, -0.2) is 8.42 Å². The highest BCUT2D eigenvalue weighted by Crippen LogP contribution is 2.37. The third-order valence-electron chi connectivity index (χ3n) is 4.85. The number of aryl methyl sites for hydroxylation is 2. The van der Waals surface area contributed by atoms with Crippen LogP contribution in [0, 0.1) is 6.92 Å². The quantitative estimate of drug-likeness (QED) is 0.724. The highest BCUT2D eigenvalue weighted by Gasteiger charge is 2.25. The molecule has 0 fully saturated rings. The fourth-order valence-corrected chi connectivity index (χ4v) is 5.45. The Morgan fingerprint density at radius 2 is 2.00 bits per heavy atom. The number of anilines is 2. The molecule has 1 atom stereocenters. The molecule has 0 spiro atoms. The molecule has 0 bridgehead atoms. The maximum absolute atomic E-state index is 12.7. The van der Waals surface area contributed by atoms with Crippen LogP contribution in [0.15, 0.2) is 46.2 Å². The smallest absolute Gasteiger partial charge is 0.237 e. The van der Waals surface area contributed by atoms with Crippen LogP contribution in [0.3, 0.4) is 0 Å². The van der Waals surface area contributed by atoms with Gasteiger partial charge in [0.15, 0.2) is 9.84 Å². The van der Waals surface area contributed by atoms with E-state index in [0.717, 1.165) is 28.1 Å². The molecule has 2 aromatic rings. The van der Waals surface area contributed by atoms with Crippen LogP contribution in [0.5, 0.6) is 0 Å². The lowest BCUT2D eigenvalue weighted by Gasteiger charge is -2.21. The summed E-state index contributed by atoms with van der Waals surface area (Å²) in [4.78, 5) is 25.0. The fourth-order valence-electron chi connectivity index (χ4n) is 3.12. The van der Waals surface area contributed by atoms with Crippen LogP contribution in [0.25, 0.3) is 0 Å². The maximum atomic E-state index is 12.7. The minimum absolute atomic E-state index is 0.0996. The van der Waals surface area contributed by atoms with Gasteiger partial charge >= 0.3 is 0 Å². The second-order valence-electron chi connectivity index (χ2n) is 6.99. The normalized spacial score (nSPS) is 16.1. The van der Waals surface area contributed by atoms with Crippen molar-refractivity contribution in [3.63, 3.8) is 0 Å². The van der Waals surface area contributed by atoms with Crippen molar-refractivity contribution >= 4 is 44.8 Å². The molecular formula is C21H24N2O4S2. The maximum Gasteiger partial charge on any atom is 0.237 e. The number of sulfone groups is 1. The topological polar surface area (TPSA) is 92.3 Å². The van der Waals surface area contributed by atoms with E-state index in [1.165, 1.54) is 17.8 Å². The molecule has 0 aromatic heterocycles. The van der Waals surface area contributed by atoms with Crippen molar-refractivity contribution in [2.75, 3.05) is 16.4 Å². The number of nitrogens with one attached hydrogen (secondary N) is 2. The third kappa shape index (κ3) is 4.82. The zero-order valence-electron chi connectivity index (χ0n) is 16.6. The van der Waals surface area contributed by atoms with Gasteiger partial charge < -0.3 is 10.6 Å². The highest BCUT2D eigenvalue weighted by molar-refractivity contribution is 8.01. The number of rotatable bonds is 6. The number of hydrogen-bond acceptors (Lipinski definition) is 5. The number of carbonyl (C=O) groups is 2. The number of thioether (sulfide) groups is 1. The molecular weight excluding hydrogens is 408 g/mol. The van der Waals surface area contributed by atoms with Crippen molar-refractivity contribution in [1.29, 1.82) is 0 Å². The SMILES string of the molecule is CCc1cccc(C)c1NC(=O)CCS(=O)(=O)c1ccc2c(c1)SC(C)C(=O)N2. The average molecular weight is 433 g/mol. The lowest BCUT2D eigenvalue weighted by atomic mass is 10.1. The van der Waals surface area contributed by atoms with Crippen LogP contribution in [-0.4, -0.2) is 31.2 Å². The van der Waals surface area contributed by atoms with Gasteiger partial charge in [0.1, 0.15) is 0 Å². The fraction of sp³-hybridized carbons (Fsp3) is 0.333. The Kier molecular flexibility index (Phi) is 6.33. The molecule has 2 N–H and O–H groups in total. The Bertz CT molecular complexity index is 1060. The van der Waals surface area contributed by atoms with Gasteiger partial charge in [-0.2, -0.15) is 0 Å². The van der Waals surface area contributed by atoms with E-state index in [9.17, 15) is 18.0 Å². The standard InChI is InChI=1S/C21H24N2O4S2/c1-4-15-7-5-6-13(2)20(15)23-19(24)10-11-29(26,27)16-8-9-17-18(12-16)28-14(3)21(25)22-17/h5-9,12,14H,4,10-11H2,1-3H3,(H,22,25)(H,23,24). The summed E-state index contributed by atoms with van der Waals surface area (Å²) < 4.78 is 25.5. The van der Waals surface area contributed by atoms with E-state index in [4.69, 9.17) is 0 Å². The number of para-hydroxylation sites is 1. The van der Waals surface area contributed by atoms with E-state index in [1.807, 2.05) is 32.0 Å². The molecule has 2 amide bonds. The number of amides is 2. The van der Waals surface area contributed by atoms with Gasteiger partial charge in [-0.3, -0.25) is 9.59 Å². The number of carbonyl (C=O) groups excluding carboxylic acids is 2. The lowest BCUT2D eigenvalue weighted by molar-refractivity contribution is -0.116. The largest absolute Gasteiger partial charge is 0.326 e. The third-order valence-corrected chi connectivity index (χ3v) is 7.72. The zero-order valence-corrected chi connectivity index (χ0v) is 18.2. The first-order chi connectivity index (χ1) is 13.7. The Morgan fingerprint density at radius 3 is 2.72 bits per heavy atom. The second-order valence-corrected chi connectivity index (χ2v) is 10.5. The monoisotopic (exact) mass is 432 g/mol. The van der Waals surface area contributed by atoms with Crippen LogP contribution < -0.4 is 10.6 Å². The van der Waals surface area contributed by atoms with Crippen molar-refractivity contribution in [2.45, 2.75) is 48.7 Å². The first-order valence-electron chi connectivity index (χ1n) is 9.44. The Hall–Kier alpha value is -2.32. The van der Waals surface area contributed by atoms with E-state index >= 15 is 0 Å². The summed E-state index contributed by atoms with van der Waals surface area (Å²) in [5.41, 5.74) is 3.33. The van der Waals surface area contributed by atoms with Crippen LogP contribution >= 0.6 is 11.8 Å². The molecule has 154 valence electrons. The summed E-state index contributed by atoms with van der Waals surface area (Å²) in [5.74, 6) is -0.708. The first kappa shape index (κ1) is 21.4. The lowest BCUT2D eigenvalue weighted by Crippen LogP contribution is -2.26. The molecule has 0 saturated carbocycles. The van der Waals surface area contributed by atoms with Crippen LogP contribution in [0.1, 0.15) is 31.4 Å². The van der Waals surface area contributed by atoms with Crippen molar-refractivity contribution in [1.82, 2.24) is 0 Å². The number of benzene rings is 2. The zero-order chi connectivity index (χ0) is 21.2. The predicted molar refractivity (Wildman–Crippen MR) is 116 cm³/mol. The molecule has 1 unspecified atom stereocenters. The van der Waals surface area contributed by atoms with Gasteiger partial charge in [0, 0.05) is 17.0 Å². The molecule has 29 heavy (non-hydrogen) atoms. The van der Waals surface area contributed by atoms with E-state index in [0.29, 0.717) is 5.69 Å². The first-order valence-corrected chi connectivity index (χ1v) is 12.0. The van der Waals surface area contributed by atoms with Gasteiger partial charge in [0.2, 0.25) is 11.8 Å².